The van der Waals surface area contributed by atoms with Crippen LogP contribution in [0.4, 0.5) is 5.95 Å². The molecule has 2 aromatic carbocycles. The highest BCUT2D eigenvalue weighted by atomic mass is 79.9. The summed E-state index contributed by atoms with van der Waals surface area (Å²) in [7, 11) is 1.64. The van der Waals surface area contributed by atoms with Crippen LogP contribution < -0.4 is 10.1 Å². The second-order valence-corrected chi connectivity index (χ2v) is 9.76. The van der Waals surface area contributed by atoms with E-state index in [-0.39, 0.29) is 17.2 Å². The number of nitrogens with zero attached hydrogens (tertiary/aromatic N) is 3. The second kappa shape index (κ2) is 7.34. The Hall–Kier alpha value is -2.93. The Morgan fingerprint density at radius 3 is 2.48 bits per heavy atom. The summed E-state index contributed by atoms with van der Waals surface area (Å²) in [5.74, 6) is 2.21. The number of allylic oxidation sites excluding steroid dienone is 2. The number of carbonyl (C=O) groups excluding carboxylic acids is 1. The van der Waals surface area contributed by atoms with Gasteiger partial charge in [0.1, 0.15) is 11.8 Å². The van der Waals surface area contributed by atoms with Crippen LogP contribution in [0.15, 0.2) is 64.3 Å². The summed E-state index contributed by atoms with van der Waals surface area (Å²) in [6.45, 7) is 4.26. The van der Waals surface area contributed by atoms with Crippen LogP contribution in [0.25, 0.3) is 11.4 Å². The van der Waals surface area contributed by atoms with Gasteiger partial charge in [-0.15, -0.1) is 5.10 Å². The predicted octanol–water partition coefficient (Wildman–Crippen LogP) is 5.37. The van der Waals surface area contributed by atoms with Gasteiger partial charge in [0.15, 0.2) is 11.6 Å². The molecule has 3 aromatic rings. The minimum absolute atomic E-state index is 0.0891. The van der Waals surface area contributed by atoms with Crippen molar-refractivity contribution in [3.8, 4) is 17.1 Å². The topological polar surface area (TPSA) is 69.0 Å². The lowest BCUT2D eigenvalue weighted by molar-refractivity contribution is -0.118. The van der Waals surface area contributed by atoms with E-state index in [2.05, 4.69) is 35.1 Å². The van der Waals surface area contributed by atoms with Gasteiger partial charge in [-0.25, -0.2) is 4.68 Å². The smallest absolute Gasteiger partial charge is 0.226 e. The van der Waals surface area contributed by atoms with Crippen molar-refractivity contribution in [1.82, 2.24) is 14.8 Å². The summed E-state index contributed by atoms with van der Waals surface area (Å²) in [5, 5.41) is 8.25. The second-order valence-electron chi connectivity index (χ2n) is 8.84. The first-order valence-corrected chi connectivity index (χ1v) is 11.0. The summed E-state index contributed by atoms with van der Waals surface area (Å²) < 4.78 is 8.10. The van der Waals surface area contributed by atoms with E-state index >= 15 is 0 Å². The van der Waals surface area contributed by atoms with Crippen molar-refractivity contribution in [2.24, 2.45) is 5.41 Å². The van der Waals surface area contributed by atoms with Crippen LogP contribution in [0, 0.1) is 5.41 Å². The largest absolute Gasteiger partial charge is 0.497 e. The monoisotopic (exact) mass is 478 g/mol. The molecular formula is C24H23BrN4O2. The van der Waals surface area contributed by atoms with Crippen molar-refractivity contribution in [2.45, 2.75) is 32.7 Å². The fraction of sp³-hybridized carbons (Fsp3) is 0.292. The number of nitrogens with one attached hydrogen (secondary N) is 1. The Labute approximate surface area is 189 Å². The number of benzene rings is 2. The normalized spacial score (nSPS) is 19.5. The number of ether oxygens (including phenoxy) is 1. The SMILES string of the molecule is COc1ccc(-c2nc3n(n2)C(c2ccc(Br)cc2)C2=C(CC(C)(C)CC2=O)N3)cc1. The van der Waals surface area contributed by atoms with Crippen LogP contribution in [0.2, 0.25) is 0 Å². The summed E-state index contributed by atoms with van der Waals surface area (Å²) in [6, 6.07) is 15.4. The Kier molecular flexibility index (Phi) is 4.73. The lowest BCUT2D eigenvalue weighted by Gasteiger charge is -2.38. The van der Waals surface area contributed by atoms with E-state index in [1.165, 1.54) is 0 Å². The molecule has 1 atom stereocenters. The Bertz CT molecular complexity index is 1190. The first-order chi connectivity index (χ1) is 14.8. The van der Waals surface area contributed by atoms with Crippen molar-refractivity contribution < 1.29 is 9.53 Å². The van der Waals surface area contributed by atoms with Crippen LogP contribution in [0.1, 0.15) is 38.3 Å². The molecular weight excluding hydrogens is 456 g/mol. The van der Waals surface area contributed by atoms with Gasteiger partial charge in [0.05, 0.1) is 7.11 Å². The van der Waals surface area contributed by atoms with Crippen LogP contribution in [0.5, 0.6) is 5.75 Å². The molecule has 0 bridgehead atoms. The highest BCUT2D eigenvalue weighted by Crippen LogP contribution is 2.45. The zero-order chi connectivity index (χ0) is 21.8. The van der Waals surface area contributed by atoms with Gasteiger partial charge in [-0.3, -0.25) is 4.79 Å². The van der Waals surface area contributed by atoms with Crippen molar-refractivity contribution >= 4 is 27.7 Å². The first-order valence-electron chi connectivity index (χ1n) is 10.2. The lowest BCUT2D eigenvalue weighted by atomic mass is 9.73. The molecule has 0 fully saturated rings. The molecule has 158 valence electrons. The number of halogens is 1. The number of aromatic nitrogens is 3. The van der Waals surface area contributed by atoms with Gasteiger partial charge in [-0.05, 0) is 53.8 Å². The van der Waals surface area contributed by atoms with Gasteiger partial charge in [0.2, 0.25) is 5.95 Å². The summed E-state index contributed by atoms with van der Waals surface area (Å²) in [5.41, 5.74) is 3.56. The van der Waals surface area contributed by atoms with E-state index < -0.39 is 0 Å². The number of hydrogen-bond donors (Lipinski definition) is 1. The van der Waals surface area contributed by atoms with Crippen LogP contribution >= 0.6 is 15.9 Å². The number of fused-ring (bicyclic) bond motifs is 1. The molecule has 2 heterocycles. The number of methoxy groups -OCH3 is 1. The van der Waals surface area contributed by atoms with Gasteiger partial charge < -0.3 is 10.1 Å². The van der Waals surface area contributed by atoms with Gasteiger partial charge in [0, 0.05) is 27.7 Å². The molecule has 0 spiro atoms. The third kappa shape index (κ3) is 3.57. The minimum Gasteiger partial charge on any atom is -0.497 e. The molecule has 7 heteroatoms. The fourth-order valence-electron chi connectivity index (χ4n) is 4.42. The molecule has 0 saturated carbocycles. The number of hydrogen-bond acceptors (Lipinski definition) is 5. The van der Waals surface area contributed by atoms with E-state index in [1.807, 2.05) is 53.2 Å². The van der Waals surface area contributed by atoms with Crippen LogP contribution in [-0.4, -0.2) is 27.7 Å². The van der Waals surface area contributed by atoms with Gasteiger partial charge >= 0.3 is 0 Å². The molecule has 1 unspecified atom stereocenters. The number of carbonyl (C=O) groups is 1. The molecule has 0 radical (unpaired) electrons. The number of anilines is 1. The number of ketones is 1. The molecule has 2 aliphatic rings. The molecule has 5 rings (SSSR count). The quantitative estimate of drug-likeness (QED) is 0.547. The standard InChI is InChI=1S/C24H23BrN4O2/c1-24(2)12-18-20(19(30)13-24)21(14-4-8-16(25)9-5-14)29-23(26-18)27-22(28-29)15-6-10-17(31-3)11-7-15/h4-11,21H,12-13H2,1-3H3,(H,26,27,28). The zero-order valence-electron chi connectivity index (χ0n) is 17.6. The third-order valence-corrected chi connectivity index (χ3v) is 6.39. The molecule has 1 N–H and O–H groups in total. The van der Waals surface area contributed by atoms with E-state index in [0.717, 1.165) is 39.0 Å². The first kappa shape index (κ1) is 20.0. The number of Topliss-reactive ketones (excluding diaryl/α,β-unsaturated/α-hetero) is 1. The third-order valence-electron chi connectivity index (χ3n) is 5.87. The van der Waals surface area contributed by atoms with Crippen molar-refractivity contribution in [2.75, 3.05) is 12.4 Å². The average Bonchev–Trinajstić information content (AvgIpc) is 3.16. The summed E-state index contributed by atoms with van der Waals surface area (Å²) in [4.78, 5) is 18.0. The molecule has 6 nitrogen and oxygen atoms in total. The lowest BCUT2D eigenvalue weighted by Crippen LogP contribution is -2.36. The van der Waals surface area contributed by atoms with E-state index in [9.17, 15) is 4.79 Å². The molecule has 0 amide bonds. The van der Waals surface area contributed by atoms with Gasteiger partial charge in [-0.2, -0.15) is 4.98 Å². The zero-order valence-corrected chi connectivity index (χ0v) is 19.2. The maximum absolute atomic E-state index is 13.3. The van der Waals surface area contributed by atoms with Crippen LogP contribution in [0.3, 0.4) is 0 Å². The summed E-state index contributed by atoms with van der Waals surface area (Å²) in [6.07, 6.45) is 1.32. The fourth-order valence-corrected chi connectivity index (χ4v) is 4.69. The predicted molar refractivity (Wildman–Crippen MR) is 123 cm³/mol. The van der Waals surface area contributed by atoms with Crippen molar-refractivity contribution in [3.63, 3.8) is 0 Å². The van der Waals surface area contributed by atoms with Crippen molar-refractivity contribution in [1.29, 1.82) is 0 Å². The van der Waals surface area contributed by atoms with E-state index in [4.69, 9.17) is 14.8 Å². The molecule has 1 aliphatic heterocycles. The molecule has 1 aliphatic carbocycles. The maximum Gasteiger partial charge on any atom is 0.226 e. The molecule has 1 aromatic heterocycles. The Balaban J connectivity index is 1.64. The minimum atomic E-state index is -0.303. The van der Waals surface area contributed by atoms with Crippen molar-refractivity contribution in [3.05, 3.63) is 69.8 Å². The summed E-state index contributed by atoms with van der Waals surface area (Å²) >= 11 is 3.51. The average molecular weight is 479 g/mol. The molecule has 31 heavy (non-hydrogen) atoms. The van der Waals surface area contributed by atoms with Gasteiger partial charge in [0.25, 0.3) is 0 Å². The van der Waals surface area contributed by atoms with Crippen LogP contribution in [-0.2, 0) is 4.79 Å². The Morgan fingerprint density at radius 1 is 1.10 bits per heavy atom. The highest BCUT2D eigenvalue weighted by Gasteiger charge is 2.41. The van der Waals surface area contributed by atoms with Gasteiger partial charge in [-0.1, -0.05) is 41.9 Å². The van der Waals surface area contributed by atoms with E-state index in [0.29, 0.717) is 18.2 Å². The van der Waals surface area contributed by atoms with E-state index in [1.54, 1.807) is 7.11 Å². The Morgan fingerprint density at radius 2 is 1.81 bits per heavy atom. The number of rotatable bonds is 3. The molecule has 0 saturated heterocycles. The maximum atomic E-state index is 13.3. The highest BCUT2D eigenvalue weighted by molar-refractivity contribution is 9.10.